The SMILES string of the molecule is CC#CC(=O)N1CCCC(Nc2ncnc(N)c2C(=N)c2ccc(Oc3ccccc3)nc2F)C1. The summed E-state index contributed by atoms with van der Waals surface area (Å²) in [6, 6.07) is 11.6. The van der Waals surface area contributed by atoms with Crippen molar-refractivity contribution in [3.8, 4) is 23.5 Å². The molecule has 3 heterocycles. The molecule has 1 amide bonds. The Hall–Kier alpha value is -4.52. The molecular formula is C25H24FN7O2. The average molecular weight is 474 g/mol. The second kappa shape index (κ2) is 10.6. The van der Waals surface area contributed by atoms with Gasteiger partial charge in [0.15, 0.2) is 0 Å². The van der Waals surface area contributed by atoms with Crippen molar-refractivity contribution in [1.82, 2.24) is 19.9 Å². The van der Waals surface area contributed by atoms with Crippen molar-refractivity contribution in [3.05, 3.63) is 65.9 Å². The molecule has 35 heavy (non-hydrogen) atoms. The zero-order chi connectivity index (χ0) is 24.8. The van der Waals surface area contributed by atoms with Crippen LogP contribution in [0.4, 0.5) is 16.0 Å². The molecule has 178 valence electrons. The summed E-state index contributed by atoms with van der Waals surface area (Å²) in [6.07, 6.45) is 2.83. The summed E-state index contributed by atoms with van der Waals surface area (Å²) in [6.45, 7) is 2.66. The van der Waals surface area contributed by atoms with Crippen molar-refractivity contribution in [2.75, 3.05) is 24.1 Å². The van der Waals surface area contributed by atoms with Gasteiger partial charge in [0.25, 0.3) is 5.91 Å². The number of rotatable bonds is 6. The Balaban J connectivity index is 1.56. The van der Waals surface area contributed by atoms with Crippen LogP contribution in [0.2, 0.25) is 0 Å². The second-order valence-corrected chi connectivity index (χ2v) is 7.87. The van der Waals surface area contributed by atoms with Crippen LogP contribution in [-0.2, 0) is 4.79 Å². The highest BCUT2D eigenvalue weighted by Gasteiger charge is 2.26. The lowest BCUT2D eigenvalue weighted by Gasteiger charge is -2.32. The molecule has 3 aromatic rings. The highest BCUT2D eigenvalue weighted by Crippen LogP contribution is 2.26. The molecule has 1 saturated heterocycles. The van der Waals surface area contributed by atoms with Gasteiger partial charge in [-0.2, -0.15) is 9.37 Å². The topological polar surface area (TPSA) is 130 Å². The standard InChI is InChI=1S/C25H24FN7O2/c1-2-7-20(34)33-13-6-8-16(14-33)31-25-21(24(28)29-15-30-25)22(27)18-11-12-19(32-23(18)26)35-17-9-4-3-5-10-17/h3-5,9-12,15-16,27H,6,8,13-14H2,1H3,(H3,28,29,30,31). The molecule has 1 atom stereocenters. The van der Waals surface area contributed by atoms with E-state index in [1.54, 1.807) is 36.1 Å². The number of nitrogens with two attached hydrogens (primary N) is 1. The number of likely N-dealkylation sites (tertiary alicyclic amines) is 1. The summed E-state index contributed by atoms with van der Waals surface area (Å²) in [7, 11) is 0. The predicted octanol–water partition coefficient (Wildman–Crippen LogP) is 3.23. The summed E-state index contributed by atoms with van der Waals surface area (Å²) >= 11 is 0. The van der Waals surface area contributed by atoms with Gasteiger partial charge in [-0.25, -0.2) is 9.97 Å². The van der Waals surface area contributed by atoms with Crippen molar-refractivity contribution in [1.29, 1.82) is 5.41 Å². The van der Waals surface area contributed by atoms with Gasteiger partial charge in [-0.05, 0) is 43.9 Å². The van der Waals surface area contributed by atoms with Crippen LogP contribution in [-0.4, -0.2) is 50.6 Å². The van der Waals surface area contributed by atoms with Crippen LogP contribution in [0.1, 0.15) is 30.9 Å². The molecule has 1 aliphatic heterocycles. The zero-order valence-electron chi connectivity index (χ0n) is 19.1. The van der Waals surface area contributed by atoms with Gasteiger partial charge < -0.3 is 20.7 Å². The average Bonchev–Trinajstić information content (AvgIpc) is 2.85. The molecule has 4 rings (SSSR count). The minimum atomic E-state index is -0.884. The first-order valence-corrected chi connectivity index (χ1v) is 11.0. The maximum atomic E-state index is 14.9. The van der Waals surface area contributed by atoms with Crippen LogP contribution in [0.25, 0.3) is 0 Å². The number of piperidine rings is 1. The van der Waals surface area contributed by atoms with Crippen LogP contribution in [0.5, 0.6) is 11.6 Å². The van der Waals surface area contributed by atoms with Gasteiger partial charge in [0, 0.05) is 25.2 Å². The molecule has 10 heteroatoms. The third-order valence-corrected chi connectivity index (χ3v) is 5.47. The maximum absolute atomic E-state index is 14.9. The molecule has 9 nitrogen and oxygen atoms in total. The smallest absolute Gasteiger partial charge is 0.298 e. The number of hydrogen-bond donors (Lipinski definition) is 3. The third kappa shape index (κ3) is 5.52. The number of carbonyl (C=O) groups excluding carboxylic acids is 1. The monoisotopic (exact) mass is 473 g/mol. The van der Waals surface area contributed by atoms with Gasteiger partial charge in [0.1, 0.15) is 23.7 Å². The molecule has 0 aliphatic carbocycles. The summed E-state index contributed by atoms with van der Waals surface area (Å²) in [5.74, 6) is 4.94. The van der Waals surface area contributed by atoms with Crippen LogP contribution < -0.4 is 15.8 Å². The fourth-order valence-corrected chi connectivity index (χ4v) is 3.82. The Morgan fingerprint density at radius 1 is 1.26 bits per heavy atom. The number of pyridine rings is 1. The van der Waals surface area contributed by atoms with Crippen molar-refractivity contribution in [2.24, 2.45) is 0 Å². The van der Waals surface area contributed by atoms with Gasteiger partial charge in [-0.1, -0.05) is 24.1 Å². The normalized spacial score (nSPS) is 15.0. The number of anilines is 2. The van der Waals surface area contributed by atoms with Gasteiger partial charge >= 0.3 is 0 Å². The fourth-order valence-electron chi connectivity index (χ4n) is 3.82. The molecular weight excluding hydrogens is 449 g/mol. The summed E-state index contributed by atoms with van der Waals surface area (Å²) in [4.78, 5) is 25.9. The lowest BCUT2D eigenvalue weighted by molar-refractivity contribution is -0.126. The molecule has 4 N–H and O–H groups in total. The lowest BCUT2D eigenvalue weighted by atomic mass is 10.0. The number of hydrogen-bond acceptors (Lipinski definition) is 8. The van der Waals surface area contributed by atoms with E-state index in [9.17, 15) is 9.18 Å². The Morgan fingerprint density at radius 2 is 2.06 bits per heavy atom. The molecule has 1 unspecified atom stereocenters. The van der Waals surface area contributed by atoms with Crippen molar-refractivity contribution >= 4 is 23.3 Å². The van der Waals surface area contributed by atoms with E-state index in [1.165, 1.54) is 18.5 Å². The number of para-hydroxylation sites is 1. The largest absolute Gasteiger partial charge is 0.439 e. The highest BCUT2D eigenvalue weighted by atomic mass is 19.1. The van der Waals surface area contributed by atoms with Gasteiger partial charge in [0.2, 0.25) is 11.8 Å². The van der Waals surface area contributed by atoms with Crippen LogP contribution >= 0.6 is 0 Å². The van der Waals surface area contributed by atoms with Crippen molar-refractivity contribution in [2.45, 2.75) is 25.8 Å². The van der Waals surface area contributed by atoms with Crippen molar-refractivity contribution < 1.29 is 13.9 Å². The summed E-state index contributed by atoms with van der Waals surface area (Å²) in [5, 5.41) is 11.9. The number of amides is 1. The van der Waals surface area contributed by atoms with Crippen LogP contribution in [0.3, 0.4) is 0 Å². The zero-order valence-corrected chi connectivity index (χ0v) is 19.1. The maximum Gasteiger partial charge on any atom is 0.298 e. The van der Waals surface area contributed by atoms with E-state index in [4.69, 9.17) is 15.9 Å². The lowest BCUT2D eigenvalue weighted by Crippen LogP contribution is -2.45. The van der Waals surface area contributed by atoms with Gasteiger partial charge in [-0.3, -0.25) is 10.2 Å². The number of benzene rings is 1. The van der Waals surface area contributed by atoms with Gasteiger partial charge in [0.05, 0.1) is 16.8 Å². The van der Waals surface area contributed by atoms with E-state index in [-0.39, 0.29) is 46.3 Å². The number of ether oxygens (including phenoxy) is 1. The number of nitrogens with one attached hydrogen (secondary N) is 2. The molecule has 1 aromatic carbocycles. The molecule has 0 radical (unpaired) electrons. The van der Waals surface area contributed by atoms with Crippen LogP contribution in [0.15, 0.2) is 48.8 Å². The first kappa shape index (κ1) is 23.6. The minimum Gasteiger partial charge on any atom is -0.439 e. The molecule has 1 aliphatic rings. The van der Waals surface area contributed by atoms with E-state index in [1.807, 2.05) is 6.07 Å². The molecule has 1 fully saturated rings. The number of nitrogen functional groups attached to an aromatic ring is 1. The first-order valence-electron chi connectivity index (χ1n) is 11.0. The molecule has 0 bridgehead atoms. The molecule has 0 spiro atoms. The molecule has 2 aromatic heterocycles. The second-order valence-electron chi connectivity index (χ2n) is 7.87. The van der Waals surface area contributed by atoms with Crippen molar-refractivity contribution in [3.63, 3.8) is 0 Å². The number of halogens is 1. The molecule has 0 saturated carbocycles. The minimum absolute atomic E-state index is 0.0251. The van der Waals surface area contributed by atoms with Gasteiger partial charge in [-0.15, -0.1) is 0 Å². The Kier molecular flexibility index (Phi) is 7.16. The predicted molar refractivity (Wildman–Crippen MR) is 130 cm³/mol. The number of carbonyl (C=O) groups is 1. The summed E-state index contributed by atoms with van der Waals surface area (Å²) < 4.78 is 20.5. The number of aromatic nitrogens is 3. The Labute approximate surface area is 202 Å². The Morgan fingerprint density at radius 3 is 2.80 bits per heavy atom. The van der Waals surface area contributed by atoms with E-state index in [0.717, 1.165) is 12.8 Å². The van der Waals surface area contributed by atoms with E-state index in [0.29, 0.717) is 18.8 Å². The first-order chi connectivity index (χ1) is 17.0. The van der Waals surface area contributed by atoms with Crippen LogP contribution in [0, 0.1) is 23.2 Å². The van der Waals surface area contributed by atoms with E-state index in [2.05, 4.69) is 32.1 Å². The fraction of sp³-hybridized carbons (Fsp3) is 0.240. The Bertz CT molecular complexity index is 1300. The van der Waals surface area contributed by atoms with E-state index >= 15 is 0 Å². The number of nitrogens with zero attached hydrogens (tertiary/aromatic N) is 4. The summed E-state index contributed by atoms with van der Waals surface area (Å²) in [5.41, 5.74) is 5.94. The highest BCUT2D eigenvalue weighted by molar-refractivity contribution is 6.16. The quantitative estimate of drug-likeness (QED) is 0.285. The third-order valence-electron chi connectivity index (χ3n) is 5.47. The van der Waals surface area contributed by atoms with E-state index < -0.39 is 5.95 Å².